The number of benzene rings is 1. The van der Waals surface area contributed by atoms with Crippen molar-refractivity contribution in [3.05, 3.63) is 40.4 Å². The van der Waals surface area contributed by atoms with Crippen LogP contribution in [0.1, 0.15) is 44.2 Å². The van der Waals surface area contributed by atoms with Crippen molar-refractivity contribution in [3.8, 4) is 10.6 Å². The van der Waals surface area contributed by atoms with E-state index in [0.717, 1.165) is 29.1 Å². The predicted octanol–water partition coefficient (Wildman–Crippen LogP) is 4.85. The molecule has 1 aromatic heterocycles. The molecule has 0 atom stereocenters. The predicted molar refractivity (Wildman–Crippen MR) is 95.9 cm³/mol. The molecule has 1 aromatic carbocycles. The number of thiazole rings is 1. The van der Waals surface area contributed by atoms with Crippen LogP contribution >= 0.6 is 22.9 Å². The monoisotopic (exact) mass is 348 g/mol. The summed E-state index contributed by atoms with van der Waals surface area (Å²) in [6.45, 7) is 0. The van der Waals surface area contributed by atoms with Crippen LogP contribution in [-0.4, -0.2) is 16.9 Å². The molecule has 1 amide bonds. The average Bonchev–Trinajstić information content (AvgIpc) is 2.83. The second kappa shape index (κ2) is 7.93. The van der Waals surface area contributed by atoms with Gasteiger partial charge in [-0.25, -0.2) is 4.98 Å². The Morgan fingerprint density at radius 3 is 2.70 bits per heavy atom. The Hall–Kier alpha value is -1.39. The van der Waals surface area contributed by atoms with E-state index in [0.29, 0.717) is 17.5 Å². The lowest BCUT2D eigenvalue weighted by Crippen LogP contribution is -2.35. The number of hydrogen-bond donors (Lipinski definition) is 1. The maximum Gasteiger partial charge on any atom is 0.226 e. The molecule has 1 fully saturated rings. The molecule has 122 valence electrons. The summed E-state index contributed by atoms with van der Waals surface area (Å²) in [6, 6.07) is 8.00. The minimum absolute atomic E-state index is 0.0768. The van der Waals surface area contributed by atoms with Gasteiger partial charge in [-0.3, -0.25) is 4.79 Å². The maximum absolute atomic E-state index is 12.2. The third-order valence-corrected chi connectivity index (χ3v) is 5.47. The van der Waals surface area contributed by atoms with Gasteiger partial charge in [-0.15, -0.1) is 11.3 Å². The van der Waals surface area contributed by atoms with Crippen molar-refractivity contribution in [2.75, 3.05) is 0 Å². The molecule has 0 unspecified atom stereocenters. The zero-order valence-electron chi connectivity index (χ0n) is 13.1. The highest BCUT2D eigenvalue weighted by atomic mass is 35.5. The standard InChI is InChI=1S/C18H21ClN2OS/c19-16-10-6-5-9-15(16)18-21-14(12-23-18)11-17(22)20-13-7-3-1-2-4-8-13/h5-6,9-10,12-13H,1-4,7-8,11H2,(H,20,22). The van der Waals surface area contributed by atoms with E-state index < -0.39 is 0 Å². The van der Waals surface area contributed by atoms with Crippen molar-refractivity contribution in [1.29, 1.82) is 0 Å². The van der Waals surface area contributed by atoms with Crippen LogP contribution in [0.3, 0.4) is 0 Å². The number of nitrogens with one attached hydrogen (secondary N) is 1. The van der Waals surface area contributed by atoms with Crippen LogP contribution in [0.25, 0.3) is 10.6 Å². The van der Waals surface area contributed by atoms with Gasteiger partial charge in [-0.05, 0) is 18.9 Å². The smallest absolute Gasteiger partial charge is 0.226 e. The van der Waals surface area contributed by atoms with E-state index in [2.05, 4.69) is 10.3 Å². The summed E-state index contributed by atoms with van der Waals surface area (Å²) in [5, 5.41) is 6.68. The van der Waals surface area contributed by atoms with E-state index >= 15 is 0 Å². The van der Waals surface area contributed by atoms with E-state index in [1.807, 2.05) is 29.6 Å². The number of halogens is 1. The van der Waals surface area contributed by atoms with Gasteiger partial charge in [0, 0.05) is 17.0 Å². The zero-order valence-corrected chi connectivity index (χ0v) is 14.6. The fourth-order valence-electron chi connectivity index (χ4n) is 3.01. The molecule has 1 saturated carbocycles. The van der Waals surface area contributed by atoms with E-state index in [-0.39, 0.29) is 5.91 Å². The Labute approximate surface area is 146 Å². The van der Waals surface area contributed by atoms with Crippen molar-refractivity contribution in [3.63, 3.8) is 0 Å². The Morgan fingerprint density at radius 1 is 1.22 bits per heavy atom. The van der Waals surface area contributed by atoms with Crippen molar-refractivity contribution < 1.29 is 4.79 Å². The van der Waals surface area contributed by atoms with Gasteiger partial charge in [0.15, 0.2) is 0 Å². The molecule has 2 aromatic rings. The molecule has 1 heterocycles. The molecule has 0 aliphatic heterocycles. The fourth-order valence-corrected chi connectivity index (χ4v) is 4.15. The lowest BCUT2D eigenvalue weighted by Gasteiger charge is -2.15. The van der Waals surface area contributed by atoms with Gasteiger partial charge in [0.2, 0.25) is 5.91 Å². The van der Waals surface area contributed by atoms with Gasteiger partial charge >= 0.3 is 0 Å². The number of rotatable bonds is 4. The molecule has 5 heteroatoms. The number of aromatic nitrogens is 1. The molecule has 23 heavy (non-hydrogen) atoms. The van der Waals surface area contributed by atoms with Crippen LogP contribution in [0.4, 0.5) is 0 Å². The number of nitrogens with zero attached hydrogens (tertiary/aromatic N) is 1. The van der Waals surface area contributed by atoms with Crippen molar-refractivity contribution in [2.24, 2.45) is 0 Å². The molecule has 1 aliphatic rings. The Balaban J connectivity index is 1.60. The highest BCUT2D eigenvalue weighted by Gasteiger charge is 2.16. The van der Waals surface area contributed by atoms with Gasteiger partial charge in [0.1, 0.15) is 5.01 Å². The lowest BCUT2D eigenvalue weighted by molar-refractivity contribution is -0.121. The number of amides is 1. The molecule has 0 saturated heterocycles. The zero-order chi connectivity index (χ0) is 16.1. The van der Waals surface area contributed by atoms with Gasteiger partial charge < -0.3 is 5.32 Å². The molecule has 0 bridgehead atoms. The first kappa shape index (κ1) is 16.5. The van der Waals surface area contributed by atoms with Crippen LogP contribution in [0.15, 0.2) is 29.6 Å². The molecule has 3 rings (SSSR count). The third-order valence-electron chi connectivity index (χ3n) is 4.22. The van der Waals surface area contributed by atoms with E-state index in [9.17, 15) is 4.79 Å². The summed E-state index contributed by atoms with van der Waals surface area (Å²) in [6.07, 6.45) is 7.58. The van der Waals surface area contributed by atoms with Crippen molar-refractivity contribution >= 4 is 28.8 Å². The first-order valence-corrected chi connectivity index (χ1v) is 9.47. The van der Waals surface area contributed by atoms with Gasteiger partial charge in [0.25, 0.3) is 0 Å². The Kier molecular flexibility index (Phi) is 5.68. The summed E-state index contributed by atoms with van der Waals surface area (Å²) >= 11 is 7.74. The van der Waals surface area contributed by atoms with E-state index in [1.165, 1.54) is 37.0 Å². The molecule has 0 spiro atoms. The Morgan fingerprint density at radius 2 is 1.96 bits per heavy atom. The van der Waals surface area contributed by atoms with E-state index in [1.54, 1.807) is 0 Å². The minimum atomic E-state index is 0.0768. The molecule has 3 nitrogen and oxygen atoms in total. The topological polar surface area (TPSA) is 42.0 Å². The fraction of sp³-hybridized carbons (Fsp3) is 0.444. The summed E-state index contributed by atoms with van der Waals surface area (Å²) in [5.41, 5.74) is 1.74. The average molecular weight is 349 g/mol. The summed E-state index contributed by atoms with van der Waals surface area (Å²) in [7, 11) is 0. The van der Waals surface area contributed by atoms with Gasteiger partial charge in [0.05, 0.1) is 17.1 Å². The first-order valence-electron chi connectivity index (χ1n) is 8.21. The third kappa shape index (κ3) is 4.55. The quantitative estimate of drug-likeness (QED) is 0.803. The molecular weight excluding hydrogens is 328 g/mol. The SMILES string of the molecule is O=C(Cc1csc(-c2ccccc2Cl)n1)NC1CCCCCC1. The number of hydrogen-bond acceptors (Lipinski definition) is 3. The number of carbonyl (C=O) groups is 1. The van der Waals surface area contributed by atoms with Crippen LogP contribution in [0, 0.1) is 0 Å². The highest BCUT2D eigenvalue weighted by Crippen LogP contribution is 2.30. The largest absolute Gasteiger partial charge is 0.353 e. The summed E-state index contributed by atoms with van der Waals surface area (Å²) < 4.78 is 0. The maximum atomic E-state index is 12.2. The Bertz CT molecular complexity index is 663. The molecule has 1 aliphatic carbocycles. The number of carbonyl (C=O) groups excluding carboxylic acids is 1. The van der Waals surface area contributed by atoms with Crippen molar-refractivity contribution in [1.82, 2.24) is 10.3 Å². The van der Waals surface area contributed by atoms with Gasteiger partial charge in [-0.2, -0.15) is 0 Å². The van der Waals surface area contributed by atoms with Gasteiger partial charge in [-0.1, -0.05) is 55.5 Å². The summed E-state index contributed by atoms with van der Waals surface area (Å²) in [4.78, 5) is 16.8. The molecule has 0 radical (unpaired) electrons. The van der Waals surface area contributed by atoms with Crippen LogP contribution in [0.5, 0.6) is 0 Å². The summed E-state index contributed by atoms with van der Waals surface area (Å²) in [5.74, 6) is 0.0768. The minimum Gasteiger partial charge on any atom is -0.353 e. The second-order valence-corrected chi connectivity index (χ2v) is 7.32. The van der Waals surface area contributed by atoms with Crippen LogP contribution < -0.4 is 5.32 Å². The first-order chi connectivity index (χ1) is 11.2. The second-order valence-electron chi connectivity index (χ2n) is 6.06. The lowest BCUT2D eigenvalue weighted by atomic mass is 10.1. The van der Waals surface area contributed by atoms with Crippen LogP contribution in [0.2, 0.25) is 5.02 Å². The normalized spacial score (nSPS) is 16.0. The van der Waals surface area contributed by atoms with Crippen LogP contribution in [-0.2, 0) is 11.2 Å². The molecular formula is C18H21ClN2OS. The van der Waals surface area contributed by atoms with Crippen molar-refractivity contribution in [2.45, 2.75) is 51.0 Å². The molecule has 1 N–H and O–H groups in total. The highest BCUT2D eigenvalue weighted by molar-refractivity contribution is 7.13. The van der Waals surface area contributed by atoms with E-state index in [4.69, 9.17) is 11.6 Å².